The summed E-state index contributed by atoms with van der Waals surface area (Å²) in [4.78, 5) is 13.1. The molecule has 2 rings (SSSR count). The van der Waals surface area contributed by atoms with E-state index in [4.69, 9.17) is 0 Å². The van der Waals surface area contributed by atoms with Crippen LogP contribution in [0.1, 0.15) is 52.7 Å². The van der Waals surface area contributed by atoms with E-state index in [1.54, 1.807) is 12.1 Å². The number of hydrogen-bond donors (Lipinski definition) is 2. The zero-order valence-electron chi connectivity index (χ0n) is 16.8. The largest absolute Gasteiger partial charge is 0.507 e. The fourth-order valence-electron chi connectivity index (χ4n) is 2.73. The van der Waals surface area contributed by atoms with E-state index < -0.39 is 5.82 Å². The van der Waals surface area contributed by atoms with Gasteiger partial charge in [0.1, 0.15) is 11.6 Å². The average Bonchev–Trinajstić information content (AvgIpc) is 2.54. The molecule has 146 valence electrons. The Morgan fingerprint density at radius 3 is 2.04 bits per heavy atom. The predicted molar refractivity (Wildman–Crippen MR) is 111 cm³/mol. The van der Waals surface area contributed by atoms with E-state index in [1.165, 1.54) is 23.9 Å². The summed E-state index contributed by atoms with van der Waals surface area (Å²) in [6, 6.07) is 9.98. The molecule has 0 bridgehead atoms. The number of halogens is 1. The van der Waals surface area contributed by atoms with Crippen LogP contribution in [0.2, 0.25) is 0 Å². The minimum absolute atomic E-state index is 0.159. The number of rotatable bonds is 4. The second-order valence-corrected chi connectivity index (χ2v) is 9.73. The first-order valence-corrected chi connectivity index (χ1v) is 9.93. The van der Waals surface area contributed by atoms with Crippen LogP contribution in [0.15, 0.2) is 41.3 Å². The zero-order valence-corrected chi connectivity index (χ0v) is 17.6. The van der Waals surface area contributed by atoms with Crippen molar-refractivity contribution in [3.8, 4) is 5.75 Å². The number of anilines is 1. The molecule has 3 nitrogen and oxygen atoms in total. The molecule has 0 saturated heterocycles. The molecule has 1 amide bonds. The highest BCUT2D eigenvalue weighted by Crippen LogP contribution is 2.41. The van der Waals surface area contributed by atoms with E-state index in [-0.39, 0.29) is 28.2 Å². The molecule has 0 atom stereocenters. The van der Waals surface area contributed by atoms with Crippen LogP contribution in [0.5, 0.6) is 5.75 Å². The monoisotopic (exact) mass is 389 g/mol. The normalized spacial score (nSPS) is 12.1. The van der Waals surface area contributed by atoms with Crippen LogP contribution in [-0.4, -0.2) is 16.8 Å². The van der Waals surface area contributed by atoms with Gasteiger partial charge in [-0.1, -0.05) is 53.7 Å². The number of nitrogens with one attached hydrogen (secondary N) is 1. The Bertz CT molecular complexity index is 800. The van der Waals surface area contributed by atoms with Crippen LogP contribution in [0.4, 0.5) is 10.1 Å². The standard InChI is InChI=1S/C22H28FNO2S/c1-21(2,3)15-11-14(12-16(20(15)26)22(4,5)6)27-13-19(25)24-18-10-8-7-9-17(18)23/h7-12,26H,13H2,1-6H3,(H,24,25). The van der Waals surface area contributed by atoms with Crippen LogP contribution in [0.3, 0.4) is 0 Å². The molecule has 0 fully saturated rings. The molecule has 0 heterocycles. The van der Waals surface area contributed by atoms with Gasteiger partial charge in [-0.15, -0.1) is 11.8 Å². The van der Waals surface area contributed by atoms with E-state index in [0.29, 0.717) is 5.75 Å². The highest BCUT2D eigenvalue weighted by molar-refractivity contribution is 8.00. The maximum atomic E-state index is 13.7. The van der Waals surface area contributed by atoms with E-state index in [9.17, 15) is 14.3 Å². The van der Waals surface area contributed by atoms with Gasteiger partial charge in [0.25, 0.3) is 0 Å². The minimum Gasteiger partial charge on any atom is -0.507 e. The van der Waals surface area contributed by atoms with Gasteiger partial charge >= 0.3 is 0 Å². The number of hydrogen-bond acceptors (Lipinski definition) is 3. The molecule has 0 unspecified atom stereocenters. The predicted octanol–water partition coefficient (Wildman–Crippen LogP) is 5.86. The second-order valence-electron chi connectivity index (χ2n) is 8.68. The summed E-state index contributed by atoms with van der Waals surface area (Å²) in [5.41, 5.74) is 1.44. The first-order chi connectivity index (χ1) is 12.4. The van der Waals surface area contributed by atoms with Gasteiger partial charge in [-0.2, -0.15) is 0 Å². The molecule has 2 aromatic rings. The molecule has 2 N–H and O–H groups in total. The smallest absolute Gasteiger partial charge is 0.234 e. The molecular formula is C22H28FNO2S. The number of carbonyl (C=O) groups is 1. The van der Waals surface area contributed by atoms with Crippen molar-refractivity contribution in [2.45, 2.75) is 57.3 Å². The fraction of sp³-hybridized carbons (Fsp3) is 0.409. The summed E-state index contributed by atoms with van der Waals surface area (Å²) in [5, 5.41) is 13.4. The summed E-state index contributed by atoms with van der Waals surface area (Å²) in [7, 11) is 0. The lowest BCUT2D eigenvalue weighted by Crippen LogP contribution is -2.18. The summed E-state index contributed by atoms with van der Waals surface area (Å²) >= 11 is 1.38. The lowest BCUT2D eigenvalue weighted by Gasteiger charge is -2.28. The molecule has 2 aromatic carbocycles. The zero-order chi connectivity index (χ0) is 20.4. The molecular weight excluding hydrogens is 361 g/mol. The Balaban J connectivity index is 2.23. The second kappa shape index (κ2) is 7.93. The maximum absolute atomic E-state index is 13.7. The molecule has 27 heavy (non-hydrogen) atoms. The van der Waals surface area contributed by atoms with Crippen LogP contribution in [-0.2, 0) is 15.6 Å². The van der Waals surface area contributed by atoms with Gasteiger partial charge in [0, 0.05) is 16.0 Å². The summed E-state index contributed by atoms with van der Waals surface area (Å²) in [6.45, 7) is 12.3. The van der Waals surface area contributed by atoms with Crippen molar-refractivity contribution < 1.29 is 14.3 Å². The summed E-state index contributed by atoms with van der Waals surface area (Å²) < 4.78 is 13.7. The first-order valence-electron chi connectivity index (χ1n) is 8.95. The lowest BCUT2D eigenvalue weighted by molar-refractivity contribution is -0.113. The van der Waals surface area contributed by atoms with Crippen molar-refractivity contribution in [3.63, 3.8) is 0 Å². The molecule has 0 spiro atoms. The summed E-state index contributed by atoms with van der Waals surface area (Å²) in [6.07, 6.45) is 0. The molecule has 0 saturated carbocycles. The number of thioether (sulfide) groups is 1. The maximum Gasteiger partial charge on any atom is 0.234 e. The number of para-hydroxylation sites is 1. The van der Waals surface area contributed by atoms with Crippen molar-refractivity contribution in [1.82, 2.24) is 0 Å². The topological polar surface area (TPSA) is 49.3 Å². The first kappa shape index (κ1) is 21.3. The number of phenols is 1. The lowest BCUT2D eigenvalue weighted by atomic mass is 9.79. The average molecular weight is 390 g/mol. The van der Waals surface area contributed by atoms with E-state index in [0.717, 1.165) is 16.0 Å². The van der Waals surface area contributed by atoms with E-state index >= 15 is 0 Å². The number of aromatic hydroxyl groups is 1. The highest BCUT2D eigenvalue weighted by Gasteiger charge is 2.26. The van der Waals surface area contributed by atoms with E-state index in [1.807, 2.05) is 53.7 Å². The van der Waals surface area contributed by atoms with Gasteiger partial charge < -0.3 is 10.4 Å². The molecule has 0 aliphatic heterocycles. The van der Waals surface area contributed by atoms with Crippen molar-refractivity contribution in [1.29, 1.82) is 0 Å². The number of carbonyl (C=O) groups excluding carboxylic acids is 1. The van der Waals surface area contributed by atoms with Crippen molar-refractivity contribution in [2.75, 3.05) is 11.1 Å². The van der Waals surface area contributed by atoms with Gasteiger partial charge in [0.05, 0.1) is 11.4 Å². The van der Waals surface area contributed by atoms with Crippen LogP contribution in [0, 0.1) is 5.82 Å². The SMILES string of the molecule is CC(C)(C)c1cc(SCC(=O)Nc2ccccc2F)cc(C(C)(C)C)c1O. The molecule has 0 aromatic heterocycles. The van der Waals surface area contributed by atoms with Gasteiger partial charge in [-0.25, -0.2) is 4.39 Å². The van der Waals surface area contributed by atoms with Crippen molar-refractivity contribution in [2.24, 2.45) is 0 Å². The highest BCUT2D eigenvalue weighted by atomic mass is 32.2. The Morgan fingerprint density at radius 2 is 1.56 bits per heavy atom. The van der Waals surface area contributed by atoms with Crippen LogP contribution in [0.25, 0.3) is 0 Å². The molecule has 5 heteroatoms. The van der Waals surface area contributed by atoms with Crippen LogP contribution >= 0.6 is 11.8 Å². The van der Waals surface area contributed by atoms with Crippen molar-refractivity contribution in [3.05, 3.63) is 53.3 Å². The Hall–Kier alpha value is -2.01. The van der Waals surface area contributed by atoms with E-state index in [2.05, 4.69) is 5.32 Å². The Kier molecular flexibility index (Phi) is 6.25. The third-order valence-corrected chi connectivity index (χ3v) is 5.19. The van der Waals surface area contributed by atoms with Gasteiger partial charge in [0.2, 0.25) is 5.91 Å². The Morgan fingerprint density at radius 1 is 1.04 bits per heavy atom. The van der Waals surface area contributed by atoms with Crippen molar-refractivity contribution >= 4 is 23.4 Å². The number of phenolic OH excluding ortho intramolecular Hbond substituents is 1. The van der Waals surface area contributed by atoms with Crippen LogP contribution < -0.4 is 5.32 Å². The van der Waals surface area contributed by atoms with Gasteiger partial charge in [-0.3, -0.25) is 4.79 Å². The quantitative estimate of drug-likeness (QED) is 0.644. The van der Waals surface area contributed by atoms with Gasteiger partial charge in [0.15, 0.2) is 0 Å². The number of benzene rings is 2. The molecule has 0 aliphatic rings. The number of amides is 1. The van der Waals surface area contributed by atoms with Gasteiger partial charge in [-0.05, 0) is 35.1 Å². The third kappa shape index (κ3) is 5.48. The fourth-order valence-corrected chi connectivity index (χ4v) is 3.50. The molecule has 0 aliphatic carbocycles. The minimum atomic E-state index is -0.453. The Labute approximate surface area is 165 Å². The third-order valence-electron chi connectivity index (χ3n) is 4.22. The summed E-state index contributed by atoms with van der Waals surface area (Å²) in [5.74, 6) is -0.250. The molecule has 0 radical (unpaired) electrons.